The van der Waals surface area contributed by atoms with Gasteiger partial charge in [-0.1, -0.05) is 41.9 Å². The third-order valence-corrected chi connectivity index (χ3v) is 7.67. The van der Waals surface area contributed by atoms with E-state index in [4.69, 9.17) is 16.3 Å². The second-order valence-corrected chi connectivity index (χ2v) is 10.8. The molecule has 0 bridgehead atoms. The Morgan fingerprint density at radius 2 is 1.76 bits per heavy atom. The van der Waals surface area contributed by atoms with Gasteiger partial charge in [0.25, 0.3) is 5.91 Å². The van der Waals surface area contributed by atoms with Crippen LogP contribution < -0.4 is 15.4 Å². The van der Waals surface area contributed by atoms with E-state index in [2.05, 4.69) is 15.6 Å². The van der Waals surface area contributed by atoms with Crippen molar-refractivity contribution in [3.63, 3.8) is 0 Å². The number of halogens is 1. The summed E-state index contributed by atoms with van der Waals surface area (Å²) in [6, 6.07) is 22.8. The molecule has 4 rings (SSSR count). The van der Waals surface area contributed by atoms with Crippen LogP contribution in [0.2, 0.25) is 5.02 Å². The Bertz CT molecular complexity index is 1470. The molecule has 0 aliphatic rings. The van der Waals surface area contributed by atoms with Crippen molar-refractivity contribution in [1.29, 1.82) is 0 Å². The summed E-state index contributed by atoms with van der Waals surface area (Å²) in [5.41, 5.74) is 2.59. The van der Waals surface area contributed by atoms with Gasteiger partial charge in [-0.2, -0.15) is 4.31 Å². The number of nitrogens with one attached hydrogen (secondary N) is 2. The number of carbonyl (C=O) groups is 1. The molecular formula is C27H27ClN4O4S. The predicted octanol–water partition coefficient (Wildman–Crippen LogP) is 4.32. The fraction of sp³-hybridized carbons (Fsp3) is 0.185. The monoisotopic (exact) mass is 538 g/mol. The second kappa shape index (κ2) is 12.1. The van der Waals surface area contributed by atoms with Crippen molar-refractivity contribution in [2.75, 3.05) is 32.1 Å². The predicted molar refractivity (Wildman–Crippen MR) is 145 cm³/mol. The lowest BCUT2D eigenvalue weighted by Crippen LogP contribution is -2.32. The lowest BCUT2D eigenvalue weighted by Gasteiger charge is -2.17. The number of anilines is 1. The summed E-state index contributed by atoms with van der Waals surface area (Å²) < 4.78 is 32.5. The Kier molecular flexibility index (Phi) is 8.60. The molecule has 0 aliphatic heterocycles. The molecule has 0 saturated heterocycles. The van der Waals surface area contributed by atoms with Gasteiger partial charge in [0, 0.05) is 49.0 Å². The molecule has 0 atom stereocenters. The molecule has 4 aromatic rings. The van der Waals surface area contributed by atoms with Crippen LogP contribution in [-0.4, -0.2) is 50.4 Å². The molecule has 8 nitrogen and oxygen atoms in total. The summed E-state index contributed by atoms with van der Waals surface area (Å²) in [5, 5.41) is 7.63. The molecule has 3 aromatic carbocycles. The Morgan fingerprint density at radius 3 is 2.51 bits per heavy atom. The largest absolute Gasteiger partial charge is 0.484 e. The average Bonchev–Trinajstić information content (AvgIpc) is 2.90. The number of nitrogens with zero attached hydrogens (tertiary/aromatic N) is 2. The van der Waals surface area contributed by atoms with E-state index in [1.54, 1.807) is 37.5 Å². The van der Waals surface area contributed by atoms with Gasteiger partial charge in [0.2, 0.25) is 10.0 Å². The SMILES string of the molecule is CN(Cc1ccccc1)S(=O)(=O)c1ccc(OCC(=O)NCCNc2ccnc3cc(Cl)ccc23)cc1. The molecule has 0 spiro atoms. The van der Waals surface area contributed by atoms with Crippen LogP contribution in [0.3, 0.4) is 0 Å². The van der Waals surface area contributed by atoms with Crippen LogP contribution in [0.4, 0.5) is 5.69 Å². The van der Waals surface area contributed by atoms with Gasteiger partial charge in [-0.15, -0.1) is 0 Å². The maximum Gasteiger partial charge on any atom is 0.258 e. The van der Waals surface area contributed by atoms with Gasteiger partial charge in [-0.05, 0) is 54.1 Å². The minimum Gasteiger partial charge on any atom is -0.484 e. The van der Waals surface area contributed by atoms with Crippen LogP contribution in [-0.2, 0) is 21.4 Å². The Morgan fingerprint density at radius 1 is 1.00 bits per heavy atom. The summed E-state index contributed by atoms with van der Waals surface area (Å²) in [6.07, 6.45) is 1.70. The van der Waals surface area contributed by atoms with E-state index >= 15 is 0 Å². The van der Waals surface area contributed by atoms with Crippen LogP contribution in [0.15, 0.2) is 90.0 Å². The highest BCUT2D eigenvalue weighted by Crippen LogP contribution is 2.24. The lowest BCUT2D eigenvalue weighted by molar-refractivity contribution is -0.123. The first-order chi connectivity index (χ1) is 17.8. The average molecular weight is 539 g/mol. The molecule has 0 radical (unpaired) electrons. The van der Waals surface area contributed by atoms with Gasteiger partial charge >= 0.3 is 0 Å². The highest BCUT2D eigenvalue weighted by molar-refractivity contribution is 7.89. The first-order valence-corrected chi connectivity index (χ1v) is 13.4. The fourth-order valence-corrected chi connectivity index (χ4v) is 5.01. The van der Waals surface area contributed by atoms with Gasteiger partial charge in [0.15, 0.2) is 6.61 Å². The molecule has 192 valence electrons. The molecule has 1 aromatic heterocycles. The normalized spacial score (nSPS) is 11.4. The quantitative estimate of drug-likeness (QED) is 0.276. The number of ether oxygens (including phenoxy) is 1. The summed E-state index contributed by atoms with van der Waals surface area (Å²) in [5.74, 6) is 0.118. The smallest absolute Gasteiger partial charge is 0.258 e. The van der Waals surface area contributed by atoms with Crippen LogP contribution in [0.5, 0.6) is 5.75 Å². The summed E-state index contributed by atoms with van der Waals surface area (Å²) in [7, 11) is -2.12. The van der Waals surface area contributed by atoms with E-state index in [1.165, 1.54) is 16.4 Å². The van der Waals surface area contributed by atoms with Gasteiger partial charge in [0.05, 0.1) is 10.4 Å². The number of pyridine rings is 1. The summed E-state index contributed by atoms with van der Waals surface area (Å²) in [4.78, 5) is 16.6. The fourth-order valence-electron chi connectivity index (χ4n) is 3.69. The number of hydrogen-bond acceptors (Lipinski definition) is 6. The number of benzene rings is 3. The molecule has 37 heavy (non-hydrogen) atoms. The highest BCUT2D eigenvalue weighted by atomic mass is 35.5. The van der Waals surface area contributed by atoms with E-state index in [9.17, 15) is 13.2 Å². The van der Waals surface area contributed by atoms with Crippen molar-refractivity contribution in [2.45, 2.75) is 11.4 Å². The van der Waals surface area contributed by atoms with Gasteiger partial charge in [-0.25, -0.2) is 8.42 Å². The van der Waals surface area contributed by atoms with Gasteiger partial charge in [-0.3, -0.25) is 9.78 Å². The van der Waals surface area contributed by atoms with E-state index in [1.807, 2.05) is 42.5 Å². The van der Waals surface area contributed by atoms with Crippen molar-refractivity contribution in [2.24, 2.45) is 0 Å². The van der Waals surface area contributed by atoms with Crippen LogP contribution >= 0.6 is 11.6 Å². The van der Waals surface area contributed by atoms with Crippen LogP contribution in [0.1, 0.15) is 5.56 Å². The molecular weight excluding hydrogens is 512 g/mol. The van der Waals surface area contributed by atoms with E-state index < -0.39 is 10.0 Å². The zero-order valence-electron chi connectivity index (χ0n) is 20.2. The number of fused-ring (bicyclic) bond motifs is 1. The number of rotatable bonds is 11. The van der Waals surface area contributed by atoms with Crippen LogP contribution in [0.25, 0.3) is 10.9 Å². The summed E-state index contributed by atoms with van der Waals surface area (Å²) >= 11 is 6.03. The maximum absolute atomic E-state index is 12.9. The molecule has 0 aliphatic carbocycles. The third-order valence-electron chi connectivity index (χ3n) is 5.62. The van der Waals surface area contributed by atoms with E-state index in [0.717, 1.165) is 22.2 Å². The Labute approximate surface area is 221 Å². The highest BCUT2D eigenvalue weighted by Gasteiger charge is 2.21. The first kappa shape index (κ1) is 26.4. The standard InChI is InChI=1S/C27H27ClN4O4S/c1-32(18-20-5-3-2-4-6-20)37(34,35)23-10-8-22(9-11-23)36-19-27(33)31-16-15-30-25-13-14-29-26-17-21(28)7-12-24(25)26/h2-14,17H,15-16,18-19H2,1H3,(H,29,30)(H,31,33). The molecule has 1 amide bonds. The van der Waals surface area contributed by atoms with Crippen molar-refractivity contribution in [3.05, 3.63) is 95.6 Å². The molecule has 0 saturated carbocycles. The Hall–Kier alpha value is -3.66. The van der Waals surface area contributed by atoms with Crippen molar-refractivity contribution in [1.82, 2.24) is 14.6 Å². The first-order valence-electron chi connectivity index (χ1n) is 11.6. The Balaban J connectivity index is 1.22. The summed E-state index contributed by atoms with van der Waals surface area (Å²) in [6.45, 7) is 0.986. The molecule has 0 fully saturated rings. The third kappa shape index (κ3) is 6.97. The number of amides is 1. The van der Waals surface area contributed by atoms with Gasteiger partial charge in [0.1, 0.15) is 5.75 Å². The van der Waals surface area contributed by atoms with Crippen LogP contribution in [0, 0.1) is 0 Å². The minimum atomic E-state index is -3.66. The minimum absolute atomic E-state index is 0.153. The number of hydrogen-bond donors (Lipinski definition) is 2. The number of sulfonamides is 1. The van der Waals surface area contributed by atoms with Gasteiger partial charge < -0.3 is 15.4 Å². The number of carbonyl (C=O) groups excluding carboxylic acids is 1. The lowest BCUT2D eigenvalue weighted by atomic mass is 10.2. The van der Waals surface area contributed by atoms with Crippen molar-refractivity contribution in [3.8, 4) is 5.75 Å². The second-order valence-electron chi connectivity index (χ2n) is 8.30. The molecule has 1 heterocycles. The molecule has 2 N–H and O–H groups in total. The molecule has 0 unspecified atom stereocenters. The molecule has 10 heteroatoms. The zero-order valence-corrected chi connectivity index (χ0v) is 21.8. The van der Waals surface area contributed by atoms with Crippen molar-refractivity contribution < 1.29 is 17.9 Å². The topological polar surface area (TPSA) is 101 Å². The number of aromatic nitrogens is 1. The van der Waals surface area contributed by atoms with E-state index in [0.29, 0.717) is 23.9 Å². The van der Waals surface area contributed by atoms with E-state index in [-0.39, 0.29) is 24.0 Å². The zero-order chi connectivity index (χ0) is 26.3. The maximum atomic E-state index is 12.9. The van der Waals surface area contributed by atoms with Crippen molar-refractivity contribution >= 4 is 44.1 Å².